The van der Waals surface area contributed by atoms with Crippen LogP contribution in [0.4, 0.5) is 0 Å². The standard InChI is InChI=1S/C20H26N2/c1-15(18-8-4-16(13-21)5-9-18)12-20(2,3)19-10-6-17(14-22)7-11-19/h4-11H,1,12-14,21-22H2,2-3H3. The molecule has 0 fully saturated rings. The van der Waals surface area contributed by atoms with Crippen LogP contribution in [-0.4, -0.2) is 0 Å². The van der Waals surface area contributed by atoms with Crippen LogP contribution < -0.4 is 11.5 Å². The molecule has 0 saturated carbocycles. The fourth-order valence-corrected chi connectivity index (χ4v) is 2.71. The van der Waals surface area contributed by atoms with E-state index in [1.54, 1.807) is 0 Å². The Morgan fingerprint density at radius 1 is 0.864 bits per heavy atom. The van der Waals surface area contributed by atoms with Crippen LogP contribution in [0.5, 0.6) is 0 Å². The molecule has 0 aliphatic heterocycles. The van der Waals surface area contributed by atoms with E-state index in [4.69, 9.17) is 11.5 Å². The average Bonchev–Trinajstić information content (AvgIpc) is 2.54. The molecule has 2 aromatic rings. The van der Waals surface area contributed by atoms with Gasteiger partial charge in [-0.1, -0.05) is 69.0 Å². The molecule has 0 aliphatic carbocycles. The molecular weight excluding hydrogens is 268 g/mol. The van der Waals surface area contributed by atoms with Gasteiger partial charge in [0.25, 0.3) is 0 Å². The zero-order valence-electron chi connectivity index (χ0n) is 13.6. The number of hydrogen-bond donors (Lipinski definition) is 2. The second kappa shape index (κ2) is 6.91. The molecule has 0 heterocycles. The molecule has 0 spiro atoms. The molecule has 0 radical (unpaired) electrons. The smallest absolute Gasteiger partial charge is 0.0178 e. The largest absolute Gasteiger partial charge is 0.326 e. The topological polar surface area (TPSA) is 52.0 Å². The minimum absolute atomic E-state index is 0.0384. The van der Waals surface area contributed by atoms with Crippen molar-refractivity contribution in [2.75, 3.05) is 0 Å². The number of benzene rings is 2. The van der Waals surface area contributed by atoms with Gasteiger partial charge in [-0.2, -0.15) is 0 Å². The van der Waals surface area contributed by atoms with E-state index >= 15 is 0 Å². The van der Waals surface area contributed by atoms with Crippen molar-refractivity contribution in [2.45, 2.75) is 38.8 Å². The molecule has 0 unspecified atom stereocenters. The molecule has 0 aliphatic rings. The number of rotatable bonds is 6. The van der Waals surface area contributed by atoms with E-state index in [1.807, 2.05) is 0 Å². The normalized spacial score (nSPS) is 11.5. The second-order valence-electron chi connectivity index (χ2n) is 6.47. The number of allylic oxidation sites excluding steroid dienone is 1. The first-order valence-electron chi connectivity index (χ1n) is 7.73. The molecule has 0 atom stereocenters. The molecule has 2 aromatic carbocycles. The minimum atomic E-state index is 0.0384. The molecule has 0 amide bonds. The van der Waals surface area contributed by atoms with E-state index in [-0.39, 0.29) is 5.41 Å². The van der Waals surface area contributed by atoms with Crippen LogP contribution in [0.2, 0.25) is 0 Å². The van der Waals surface area contributed by atoms with Crippen molar-refractivity contribution >= 4 is 5.57 Å². The molecule has 0 aromatic heterocycles. The third kappa shape index (κ3) is 3.85. The molecule has 0 bridgehead atoms. The van der Waals surface area contributed by atoms with E-state index in [1.165, 1.54) is 11.1 Å². The summed E-state index contributed by atoms with van der Waals surface area (Å²) >= 11 is 0. The van der Waals surface area contributed by atoms with Crippen molar-refractivity contribution in [3.8, 4) is 0 Å². The summed E-state index contributed by atoms with van der Waals surface area (Å²) in [5.41, 5.74) is 17.3. The summed E-state index contributed by atoms with van der Waals surface area (Å²) in [5.74, 6) is 0. The first kappa shape index (κ1) is 16.5. The molecule has 2 nitrogen and oxygen atoms in total. The van der Waals surface area contributed by atoms with Crippen LogP contribution in [0.25, 0.3) is 5.57 Å². The van der Waals surface area contributed by atoms with Gasteiger partial charge in [0.2, 0.25) is 0 Å². The lowest BCUT2D eigenvalue weighted by molar-refractivity contribution is 0.542. The lowest BCUT2D eigenvalue weighted by atomic mass is 9.78. The van der Waals surface area contributed by atoms with Crippen molar-refractivity contribution in [1.29, 1.82) is 0 Å². The Bertz CT molecular complexity index is 622. The summed E-state index contributed by atoms with van der Waals surface area (Å²) in [6.07, 6.45) is 0.914. The summed E-state index contributed by atoms with van der Waals surface area (Å²) in [5, 5.41) is 0. The minimum Gasteiger partial charge on any atom is -0.326 e. The van der Waals surface area contributed by atoms with Gasteiger partial charge in [-0.15, -0.1) is 0 Å². The van der Waals surface area contributed by atoms with Gasteiger partial charge in [0.15, 0.2) is 0 Å². The van der Waals surface area contributed by atoms with Crippen LogP contribution in [0.3, 0.4) is 0 Å². The van der Waals surface area contributed by atoms with Crippen LogP contribution in [0.1, 0.15) is 42.5 Å². The zero-order chi connectivity index (χ0) is 16.2. The maximum absolute atomic E-state index is 5.67. The highest BCUT2D eigenvalue weighted by atomic mass is 14.5. The lowest BCUT2D eigenvalue weighted by Gasteiger charge is -2.27. The van der Waals surface area contributed by atoms with Gasteiger partial charge in [0, 0.05) is 13.1 Å². The number of hydrogen-bond acceptors (Lipinski definition) is 2. The van der Waals surface area contributed by atoms with E-state index < -0.39 is 0 Å². The maximum atomic E-state index is 5.67. The van der Waals surface area contributed by atoms with Gasteiger partial charge in [-0.3, -0.25) is 0 Å². The molecule has 2 rings (SSSR count). The summed E-state index contributed by atoms with van der Waals surface area (Å²) in [6.45, 7) is 9.94. The highest BCUT2D eigenvalue weighted by Gasteiger charge is 2.22. The molecule has 4 N–H and O–H groups in total. The Morgan fingerprint density at radius 3 is 1.77 bits per heavy atom. The highest BCUT2D eigenvalue weighted by molar-refractivity contribution is 5.65. The predicted molar refractivity (Wildman–Crippen MR) is 95.3 cm³/mol. The molecular formula is C20H26N2. The SMILES string of the molecule is C=C(CC(C)(C)c1ccc(CN)cc1)c1ccc(CN)cc1. The quantitative estimate of drug-likeness (QED) is 0.846. The van der Waals surface area contributed by atoms with Gasteiger partial charge in [-0.25, -0.2) is 0 Å². The Kier molecular flexibility index (Phi) is 5.17. The third-order valence-electron chi connectivity index (χ3n) is 4.22. The summed E-state index contributed by atoms with van der Waals surface area (Å²) in [4.78, 5) is 0. The summed E-state index contributed by atoms with van der Waals surface area (Å²) < 4.78 is 0. The first-order chi connectivity index (χ1) is 10.5. The Morgan fingerprint density at radius 2 is 1.32 bits per heavy atom. The van der Waals surface area contributed by atoms with E-state index in [9.17, 15) is 0 Å². The van der Waals surface area contributed by atoms with E-state index in [2.05, 4.69) is 69.0 Å². The van der Waals surface area contributed by atoms with Gasteiger partial charge in [-0.05, 0) is 39.7 Å². The van der Waals surface area contributed by atoms with Crippen LogP contribution in [0.15, 0.2) is 55.1 Å². The molecule has 116 valence electrons. The van der Waals surface area contributed by atoms with Crippen molar-refractivity contribution in [2.24, 2.45) is 11.5 Å². The van der Waals surface area contributed by atoms with Crippen LogP contribution in [0, 0.1) is 0 Å². The Labute approximate surface area is 133 Å². The highest BCUT2D eigenvalue weighted by Crippen LogP contribution is 2.33. The Hall–Kier alpha value is -1.90. The molecule has 22 heavy (non-hydrogen) atoms. The average molecular weight is 294 g/mol. The fraction of sp³-hybridized carbons (Fsp3) is 0.300. The first-order valence-corrected chi connectivity index (χ1v) is 7.73. The molecule has 2 heteroatoms. The fourth-order valence-electron chi connectivity index (χ4n) is 2.71. The van der Waals surface area contributed by atoms with E-state index in [0.29, 0.717) is 13.1 Å². The van der Waals surface area contributed by atoms with Crippen molar-refractivity contribution in [1.82, 2.24) is 0 Å². The lowest BCUT2D eigenvalue weighted by Crippen LogP contribution is -2.17. The monoisotopic (exact) mass is 294 g/mol. The summed E-state index contributed by atoms with van der Waals surface area (Å²) in [7, 11) is 0. The zero-order valence-corrected chi connectivity index (χ0v) is 13.6. The third-order valence-corrected chi connectivity index (χ3v) is 4.22. The summed E-state index contributed by atoms with van der Waals surface area (Å²) in [6, 6.07) is 16.9. The molecule has 0 saturated heterocycles. The predicted octanol–water partition coefficient (Wildman–Crippen LogP) is 3.99. The van der Waals surface area contributed by atoms with Gasteiger partial charge < -0.3 is 11.5 Å². The van der Waals surface area contributed by atoms with E-state index in [0.717, 1.165) is 23.1 Å². The van der Waals surface area contributed by atoms with Crippen molar-refractivity contribution in [3.05, 3.63) is 77.4 Å². The maximum Gasteiger partial charge on any atom is 0.0178 e. The van der Waals surface area contributed by atoms with Crippen molar-refractivity contribution < 1.29 is 0 Å². The Balaban J connectivity index is 2.13. The van der Waals surface area contributed by atoms with Gasteiger partial charge >= 0.3 is 0 Å². The van der Waals surface area contributed by atoms with Crippen molar-refractivity contribution in [3.63, 3.8) is 0 Å². The number of nitrogens with two attached hydrogens (primary N) is 2. The second-order valence-corrected chi connectivity index (χ2v) is 6.47. The van der Waals surface area contributed by atoms with Gasteiger partial charge in [0.1, 0.15) is 0 Å². The van der Waals surface area contributed by atoms with Gasteiger partial charge in [0.05, 0.1) is 0 Å². The van der Waals surface area contributed by atoms with Crippen LogP contribution in [-0.2, 0) is 18.5 Å². The van der Waals surface area contributed by atoms with Crippen LogP contribution >= 0.6 is 0 Å².